The van der Waals surface area contributed by atoms with Crippen LogP contribution in [0.4, 0.5) is 4.39 Å². The third-order valence-corrected chi connectivity index (χ3v) is 5.72. The van der Waals surface area contributed by atoms with E-state index < -0.39 is 0 Å². The summed E-state index contributed by atoms with van der Waals surface area (Å²) in [6.45, 7) is 3.98. The lowest BCUT2D eigenvalue weighted by Gasteiger charge is -2.40. The Balaban J connectivity index is 1.59. The minimum Gasteiger partial charge on any atom is -0.307 e. The molecule has 116 valence electrons. The lowest BCUT2D eigenvalue weighted by molar-refractivity contribution is 0.139. The molecule has 0 radical (unpaired) electrons. The zero-order valence-corrected chi connectivity index (χ0v) is 13.4. The number of aryl methyl sites for hydroxylation is 1. The van der Waals surface area contributed by atoms with E-state index in [1.807, 2.05) is 13.0 Å². The highest BCUT2D eigenvalue weighted by molar-refractivity contribution is 5.25. The first-order valence-corrected chi connectivity index (χ1v) is 8.65. The van der Waals surface area contributed by atoms with Gasteiger partial charge in [-0.1, -0.05) is 37.8 Å². The third kappa shape index (κ3) is 3.48. The van der Waals surface area contributed by atoms with Gasteiger partial charge in [-0.25, -0.2) is 4.39 Å². The molecular formula is C19H28FN. The Labute approximate surface area is 128 Å². The monoisotopic (exact) mass is 289 g/mol. The van der Waals surface area contributed by atoms with Gasteiger partial charge in [0.25, 0.3) is 0 Å². The van der Waals surface area contributed by atoms with Gasteiger partial charge in [0, 0.05) is 12.1 Å². The van der Waals surface area contributed by atoms with Gasteiger partial charge < -0.3 is 5.32 Å². The van der Waals surface area contributed by atoms with Crippen LogP contribution in [-0.2, 0) is 0 Å². The van der Waals surface area contributed by atoms with Crippen LogP contribution in [-0.4, -0.2) is 6.04 Å². The van der Waals surface area contributed by atoms with E-state index >= 15 is 0 Å². The predicted octanol–water partition coefficient (Wildman–Crippen LogP) is 5.14. The molecule has 0 amide bonds. The summed E-state index contributed by atoms with van der Waals surface area (Å²) in [5.41, 5.74) is 1.80. The summed E-state index contributed by atoms with van der Waals surface area (Å²) in [5.74, 6) is 1.84. The molecule has 1 aromatic rings. The normalized spacial score (nSPS) is 30.7. The van der Waals surface area contributed by atoms with Gasteiger partial charge in [-0.05, 0) is 62.1 Å². The van der Waals surface area contributed by atoms with Crippen LogP contribution in [0.2, 0.25) is 0 Å². The standard InChI is InChI=1S/C19H28FN/c1-13-7-8-16(12-19(13)20)14(2)21-18-10-9-15-5-3-4-6-17(15)11-18/h7-8,12,14-15,17-18,21H,3-6,9-11H2,1-2H3. The Morgan fingerprint density at radius 3 is 2.62 bits per heavy atom. The lowest BCUT2D eigenvalue weighted by atomic mass is 9.69. The van der Waals surface area contributed by atoms with Crippen molar-refractivity contribution < 1.29 is 4.39 Å². The van der Waals surface area contributed by atoms with Crippen molar-refractivity contribution in [3.63, 3.8) is 0 Å². The second kappa shape index (κ2) is 6.48. The van der Waals surface area contributed by atoms with E-state index in [0.29, 0.717) is 6.04 Å². The highest BCUT2D eigenvalue weighted by Crippen LogP contribution is 2.40. The summed E-state index contributed by atoms with van der Waals surface area (Å²) in [5, 5.41) is 3.75. The van der Waals surface area contributed by atoms with E-state index in [9.17, 15) is 4.39 Å². The average Bonchev–Trinajstić information content (AvgIpc) is 2.50. The predicted molar refractivity (Wildman–Crippen MR) is 85.8 cm³/mol. The molecule has 1 nitrogen and oxygen atoms in total. The highest BCUT2D eigenvalue weighted by Gasteiger charge is 2.32. The van der Waals surface area contributed by atoms with Crippen LogP contribution in [0.25, 0.3) is 0 Å². The van der Waals surface area contributed by atoms with Gasteiger partial charge in [-0.2, -0.15) is 0 Å². The number of halogens is 1. The first kappa shape index (κ1) is 15.0. The molecule has 1 N–H and O–H groups in total. The van der Waals surface area contributed by atoms with Gasteiger partial charge in [0.15, 0.2) is 0 Å². The molecule has 21 heavy (non-hydrogen) atoms. The maximum Gasteiger partial charge on any atom is 0.126 e. The summed E-state index contributed by atoms with van der Waals surface area (Å²) in [6.07, 6.45) is 9.75. The van der Waals surface area contributed by atoms with Gasteiger partial charge in [0.05, 0.1) is 0 Å². The molecular weight excluding hydrogens is 261 g/mol. The Morgan fingerprint density at radius 1 is 1.10 bits per heavy atom. The van der Waals surface area contributed by atoms with Crippen LogP contribution in [0.1, 0.15) is 69.0 Å². The first-order valence-electron chi connectivity index (χ1n) is 8.65. The zero-order chi connectivity index (χ0) is 14.8. The minimum absolute atomic E-state index is 0.0860. The summed E-state index contributed by atoms with van der Waals surface area (Å²) in [7, 11) is 0. The fraction of sp³-hybridized carbons (Fsp3) is 0.684. The maximum atomic E-state index is 13.7. The molecule has 4 unspecified atom stereocenters. The second-order valence-corrected chi connectivity index (χ2v) is 7.21. The largest absolute Gasteiger partial charge is 0.307 e. The number of benzene rings is 1. The van der Waals surface area contributed by atoms with Crippen LogP contribution < -0.4 is 5.32 Å². The highest BCUT2D eigenvalue weighted by atomic mass is 19.1. The number of nitrogens with one attached hydrogen (secondary N) is 1. The molecule has 0 spiro atoms. The van der Waals surface area contributed by atoms with Crippen molar-refractivity contribution >= 4 is 0 Å². The second-order valence-electron chi connectivity index (χ2n) is 7.21. The van der Waals surface area contributed by atoms with Crippen molar-refractivity contribution in [2.75, 3.05) is 0 Å². The molecule has 2 aliphatic carbocycles. The number of hydrogen-bond donors (Lipinski definition) is 1. The number of hydrogen-bond acceptors (Lipinski definition) is 1. The quantitative estimate of drug-likeness (QED) is 0.812. The molecule has 0 aliphatic heterocycles. The van der Waals surface area contributed by atoms with E-state index in [1.165, 1.54) is 44.9 Å². The Hall–Kier alpha value is -0.890. The Kier molecular flexibility index (Phi) is 4.63. The smallest absolute Gasteiger partial charge is 0.126 e. The summed E-state index contributed by atoms with van der Waals surface area (Å²) in [6, 6.07) is 6.50. The molecule has 2 saturated carbocycles. The minimum atomic E-state index is -0.0860. The van der Waals surface area contributed by atoms with E-state index in [4.69, 9.17) is 0 Å². The lowest BCUT2D eigenvalue weighted by Crippen LogP contribution is -2.39. The fourth-order valence-corrected chi connectivity index (χ4v) is 4.35. The van der Waals surface area contributed by atoms with Crippen molar-refractivity contribution in [1.82, 2.24) is 5.32 Å². The summed E-state index contributed by atoms with van der Waals surface area (Å²) >= 11 is 0. The van der Waals surface area contributed by atoms with E-state index in [2.05, 4.69) is 18.3 Å². The molecule has 0 aromatic heterocycles. The van der Waals surface area contributed by atoms with Crippen LogP contribution in [0.5, 0.6) is 0 Å². The molecule has 2 fully saturated rings. The van der Waals surface area contributed by atoms with Gasteiger partial charge in [-0.3, -0.25) is 0 Å². The molecule has 4 atom stereocenters. The van der Waals surface area contributed by atoms with Gasteiger partial charge in [0.2, 0.25) is 0 Å². The SMILES string of the molecule is Cc1ccc(C(C)NC2CCC3CCCCC3C2)cc1F. The van der Waals surface area contributed by atoms with E-state index in [0.717, 1.165) is 23.0 Å². The van der Waals surface area contributed by atoms with Gasteiger partial charge >= 0.3 is 0 Å². The van der Waals surface area contributed by atoms with Gasteiger partial charge in [-0.15, -0.1) is 0 Å². The van der Waals surface area contributed by atoms with Crippen molar-refractivity contribution in [2.24, 2.45) is 11.8 Å². The first-order chi connectivity index (χ1) is 10.1. The number of rotatable bonds is 3. The maximum absolute atomic E-state index is 13.7. The van der Waals surface area contributed by atoms with E-state index in [1.54, 1.807) is 6.07 Å². The third-order valence-electron chi connectivity index (χ3n) is 5.72. The molecule has 1 aromatic carbocycles. The Morgan fingerprint density at radius 2 is 1.86 bits per heavy atom. The van der Waals surface area contributed by atoms with Crippen LogP contribution in [0.3, 0.4) is 0 Å². The zero-order valence-electron chi connectivity index (χ0n) is 13.4. The van der Waals surface area contributed by atoms with Crippen LogP contribution >= 0.6 is 0 Å². The summed E-state index contributed by atoms with van der Waals surface area (Å²) in [4.78, 5) is 0. The topological polar surface area (TPSA) is 12.0 Å². The molecule has 3 rings (SSSR count). The van der Waals surface area contributed by atoms with Crippen LogP contribution in [0, 0.1) is 24.6 Å². The van der Waals surface area contributed by atoms with E-state index in [-0.39, 0.29) is 11.9 Å². The fourth-order valence-electron chi connectivity index (χ4n) is 4.35. The Bertz CT molecular complexity index is 484. The van der Waals surface area contributed by atoms with Crippen molar-refractivity contribution in [2.45, 2.75) is 70.9 Å². The molecule has 2 heteroatoms. The van der Waals surface area contributed by atoms with Crippen molar-refractivity contribution in [3.8, 4) is 0 Å². The van der Waals surface area contributed by atoms with Crippen LogP contribution in [0.15, 0.2) is 18.2 Å². The molecule has 0 bridgehead atoms. The summed E-state index contributed by atoms with van der Waals surface area (Å²) < 4.78 is 13.7. The molecule has 2 aliphatic rings. The number of fused-ring (bicyclic) bond motifs is 1. The van der Waals surface area contributed by atoms with Crippen molar-refractivity contribution in [1.29, 1.82) is 0 Å². The molecule has 0 heterocycles. The average molecular weight is 289 g/mol. The van der Waals surface area contributed by atoms with Gasteiger partial charge in [0.1, 0.15) is 5.82 Å². The van der Waals surface area contributed by atoms with Crippen molar-refractivity contribution in [3.05, 3.63) is 35.1 Å². The molecule has 0 saturated heterocycles.